The van der Waals surface area contributed by atoms with E-state index < -0.39 is 5.60 Å². The van der Waals surface area contributed by atoms with Crippen LogP contribution in [-0.2, 0) is 6.54 Å². The highest BCUT2D eigenvalue weighted by molar-refractivity contribution is 9.10. The van der Waals surface area contributed by atoms with Gasteiger partial charge in [0.15, 0.2) is 11.5 Å². The Hall–Kier alpha value is -0.780. The zero-order chi connectivity index (χ0) is 14.8. The molecule has 1 unspecified atom stereocenters. The Labute approximate surface area is 128 Å². The third kappa shape index (κ3) is 4.11. The van der Waals surface area contributed by atoms with Crippen molar-refractivity contribution in [1.82, 2.24) is 5.32 Å². The molecule has 0 spiro atoms. The average molecular weight is 344 g/mol. The molecule has 1 heterocycles. The van der Waals surface area contributed by atoms with Gasteiger partial charge in [-0.15, -0.1) is 0 Å². The maximum atomic E-state index is 10.3. The van der Waals surface area contributed by atoms with E-state index in [-0.39, 0.29) is 6.79 Å². The predicted molar refractivity (Wildman–Crippen MR) is 82.1 cm³/mol. The lowest BCUT2D eigenvalue weighted by Gasteiger charge is -2.25. The Morgan fingerprint density at radius 3 is 2.65 bits per heavy atom. The van der Waals surface area contributed by atoms with Gasteiger partial charge in [-0.05, 0) is 37.0 Å². The van der Waals surface area contributed by atoms with Crippen molar-refractivity contribution in [3.05, 3.63) is 22.2 Å². The first-order valence-corrected chi connectivity index (χ1v) is 7.68. The van der Waals surface area contributed by atoms with Crippen LogP contribution in [0, 0.1) is 5.92 Å². The van der Waals surface area contributed by atoms with E-state index >= 15 is 0 Å². The molecular formula is C15H22BrNO3. The molecule has 5 heteroatoms. The monoisotopic (exact) mass is 343 g/mol. The summed E-state index contributed by atoms with van der Waals surface area (Å²) in [5, 5.41) is 13.6. The largest absolute Gasteiger partial charge is 0.454 e. The first kappa shape index (κ1) is 15.6. The minimum absolute atomic E-state index is 0.280. The maximum Gasteiger partial charge on any atom is 0.231 e. The molecule has 0 aromatic heterocycles. The van der Waals surface area contributed by atoms with E-state index in [0.717, 1.165) is 28.0 Å². The number of nitrogens with one attached hydrogen (secondary N) is 1. The van der Waals surface area contributed by atoms with Gasteiger partial charge >= 0.3 is 0 Å². The molecule has 1 aliphatic heterocycles. The van der Waals surface area contributed by atoms with Gasteiger partial charge in [0.2, 0.25) is 6.79 Å². The standard InChI is InChI=1S/C15H22BrNO3/c1-10(2)6-15(3,18)8-17-7-11-4-13-14(5-12(11)16)20-9-19-13/h4-5,10,17-18H,6-9H2,1-3H3. The molecule has 0 saturated heterocycles. The molecule has 0 amide bonds. The third-order valence-corrected chi connectivity index (χ3v) is 3.95. The van der Waals surface area contributed by atoms with Crippen LogP contribution in [0.3, 0.4) is 0 Å². The van der Waals surface area contributed by atoms with Gasteiger partial charge in [-0.3, -0.25) is 0 Å². The molecule has 0 aliphatic carbocycles. The van der Waals surface area contributed by atoms with E-state index in [1.54, 1.807) is 0 Å². The molecule has 112 valence electrons. The van der Waals surface area contributed by atoms with Crippen molar-refractivity contribution < 1.29 is 14.6 Å². The van der Waals surface area contributed by atoms with Gasteiger partial charge in [-0.2, -0.15) is 0 Å². The van der Waals surface area contributed by atoms with E-state index in [9.17, 15) is 5.11 Å². The molecule has 1 aromatic rings. The molecule has 0 radical (unpaired) electrons. The number of benzene rings is 1. The molecule has 20 heavy (non-hydrogen) atoms. The number of ether oxygens (including phenoxy) is 2. The van der Waals surface area contributed by atoms with Gasteiger partial charge < -0.3 is 19.9 Å². The Morgan fingerprint density at radius 1 is 1.35 bits per heavy atom. The van der Waals surface area contributed by atoms with E-state index in [0.29, 0.717) is 19.0 Å². The van der Waals surface area contributed by atoms with Crippen LogP contribution in [0.4, 0.5) is 0 Å². The second-order valence-electron chi connectivity index (χ2n) is 6.00. The van der Waals surface area contributed by atoms with Crippen molar-refractivity contribution in [2.45, 2.75) is 39.3 Å². The molecule has 2 N–H and O–H groups in total. The normalized spacial score (nSPS) is 16.5. The lowest BCUT2D eigenvalue weighted by atomic mass is 9.94. The molecular weight excluding hydrogens is 322 g/mol. The summed E-state index contributed by atoms with van der Waals surface area (Å²) < 4.78 is 11.7. The lowest BCUT2D eigenvalue weighted by molar-refractivity contribution is 0.0383. The number of aliphatic hydroxyl groups is 1. The van der Waals surface area contributed by atoms with E-state index in [4.69, 9.17) is 9.47 Å². The van der Waals surface area contributed by atoms with Crippen molar-refractivity contribution in [2.75, 3.05) is 13.3 Å². The fourth-order valence-electron chi connectivity index (χ4n) is 2.51. The van der Waals surface area contributed by atoms with Gasteiger partial charge in [0.25, 0.3) is 0 Å². The van der Waals surface area contributed by atoms with Gasteiger partial charge in [0.05, 0.1) is 5.60 Å². The first-order chi connectivity index (χ1) is 9.37. The Bertz CT molecular complexity index is 474. The lowest BCUT2D eigenvalue weighted by Crippen LogP contribution is -2.38. The Kier molecular flexibility index (Phi) is 4.94. The maximum absolute atomic E-state index is 10.3. The molecule has 0 fully saturated rings. The van der Waals surface area contributed by atoms with Crippen LogP contribution in [0.1, 0.15) is 32.8 Å². The van der Waals surface area contributed by atoms with Crippen molar-refractivity contribution in [1.29, 1.82) is 0 Å². The molecule has 4 nitrogen and oxygen atoms in total. The number of hydrogen-bond acceptors (Lipinski definition) is 4. The summed E-state index contributed by atoms with van der Waals surface area (Å²) in [4.78, 5) is 0. The minimum Gasteiger partial charge on any atom is -0.454 e. The number of halogens is 1. The van der Waals surface area contributed by atoms with Gasteiger partial charge in [-0.1, -0.05) is 29.8 Å². The highest BCUT2D eigenvalue weighted by atomic mass is 79.9. The van der Waals surface area contributed by atoms with E-state index in [2.05, 4.69) is 35.1 Å². The predicted octanol–water partition coefficient (Wildman–Crippen LogP) is 3.06. The van der Waals surface area contributed by atoms with Crippen LogP contribution in [0.25, 0.3) is 0 Å². The van der Waals surface area contributed by atoms with Crippen LogP contribution in [0.2, 0.25) is 0 Å². The minimum atomic E-state index is -0.684. The fourth-order valence-corrected chi connectivity index (χ4v) is 2.98. The molecule has 1 aromatic carbocycles. The highest BCUT2D eigenvalue weighted by Crippen LogP contribution is 2.36. The second-order valence-corrected chi connectivity index (χ2v) is 6.85. The summed E-state index contributed by atoms with van der Waals surface area (Å²) in [7, 11) is 0. The van der Waals surface area contributed by atoms with Gasteiger partial charge in [0.1, 0.15) is 0 Å². The number of rotatable bonds is 6. The number of hydrogen-bond donors (Lipinski definition) is 2. The molecule has 1 atom stereocenters. The van der Waals surface area contributed by atoms with Crippen molar-refractivity contribution in [2.24, 2.45) is 5.92 Å². The van der Waals surface area contributed by atoms with E-state index in [1.165, 1.54) is 0 Å². The third-order valence-electron chi connectivity index (χ3n) is 3.21. The Morgan fingerprint density at radius 2 is 2.00 bits per heavy atom. The SMILES string of the molecule is CC(C)CC(C)(O)CNCc1cc2c(cc1Br)OCO2. The van der Waals surface area contributed by atoms with Crippen molar-refractivity contribution in [3.63, 3.8) is 0 Å². The zero-order valence-electron chi connectivity index (χ0n) is 12.2. The summed E-state index contributed by atoms with van der Waals surface area (Å²) in [6, 6.07) is 3.89. The highest BCUT2D eigenvalue weighted by Gasteiger charge is 2.22. The second kappa shape index (κ2) is 6.33. The van der Waals surface area contributed by atoms with Crippen LogP contribution in [-0.4, -0.2) is 24.0 Å². The molecule has 0 saturated carbocycles. The topological polar surface area (TPSA) is 50.7 Å². The summed E-state index contributed by atoms with van der Waals surface area (Å²) in [5.41, 5.74) is 0.409. The first-order valence-electron chi connectivity index (χ1n) is 6.88. The summed E-state index contributed by atoms with van der Waals surface area (Å²) >= 11 is 3.53. The molecule has 2 rings (SSSR count). The summed E-state index contributed by atoms with van der Waals surface area (Å²) in [5.74, 6) is 2.02. The molecule has 1 aliphatic rings. The van der Waals surface area contributed by atoms with Crippen molar-refractivity contribution >= 4 is 15.9 Å². The average Bonchev–Trinajstić information content (AvgIpc) is 2.74. The Balaban J connectivity index is 1.91. The summed E-state index contributed by atoms with van der Waals surface area (Å²) in [6.07, 6.45) is 0.780. The van der Waals surface area contributed by atoms with Gasteiger partial charge in [0, 0.05) is 17.6 Å². The number of fused-ring (bicyclic) bond motifs is 1. The fraction of sp³-hybridized carbons (Fsp3) is 0.600. The van der Waals surface area contributed by atoms with Crippen LogP contribution >= 0.6 is 15.9 Å². The quantitative estimate of drug-likeness (QED) is 0.833. The van der Waals surface area contributed by atoms with Gasteiger partial charge in [-0.25, -0.2) is 0 Å². The van der Waals surface area contributed by atoms with Crippen LogP contribution < -0.4 is 14.8 Å². The van der Waals surface area contributed by atoms with Crippen molar-refractivity contribution in [3.8, 4) is 11.5 Å². The van der Waals surface area contributed by atoms with E-state index in [1.807, 2.05) is 19.1 Å². The van der Waals surface area contributed by atoms with Crippen LogP contribution in [0.15, 0.2) is 16.6 Å². The zero-order valence-corrected chi connectivity index (χ0v) is 13.8. The smallest absolute Gasteiger partial charge is 0.231 e. The molecule has 0 bridgehead atoms. The van der Waals surface area contributed by atoms with Crippen LogP contribution in [0.5, 0.6) is 11.5 Å². The summed E-state index contributed by atoms with van der Waals surface area (Å²) in [6.45, 7) is 7.61.